The largest absolute Gasteiger partial charge is 0.496 e. The van der Waals surface area contributed by atoms with E-state index in [1.807, 2.05) is 0 Å². The maximum atomic E-state index is 5.52. The monoisotopic (exact) mass is 242 g/mol. The summed E-state index contributed by atoms with van der Waals surface area (Å²) >= 11 is 0. The highest BCUT2D eigenvalue weighted by molar-refractivity contribution is 5.86. The molecule has 96 valence electrons. The van der Waals surface area contributed by atoms with Gasteiger partial charge in [-0.3, -0.25) is 0 Å². The maximum Gasteiger partial charge on any atom is 0.122 e. The molecule has 0 spiro atoms. The van der Waals surface area contributed by atoms with Crippen molar-refractivity contribution in [1.29, 1.82) is 0 Å². The Bertz CT molecular complexity index is 553. The molecule has 2 aromatic rings. The van der Waals surface area contributed by atoms with Crippen molar-refractivity contribution in [1.82, 2.24) is 0 Å². The van der Waals surface area contributed by atoms with Crippen LogP contribution in [-0.2, 0) is 0 Å². The second-order valence-electron chi connectivity index (χ2n) is 5.51. The van der Waals surface area contributed by atoms with E-state index in [1.165, 1.54) is 21.9 Å². The zero-order chi connectivity index (χ0) is 13.3. The fourth-order valence-corrected chi connectivity index (χ4v) is 2.30. The molecule has 0 heterocycles. The van der Waals surface area contributed by atoms with Crippen molar-refractivity contribution in [2.75, 3.05) is 7.11 Å². The highest BCUT2D eigenvalue weighted by Gasteiger charge is 2.10. The van der Waals surface area contributed by atoms with E-state index in [2.05, 4.69) is 58.0 Å². The first-order chi connectivity index (χ1) is 8.52. The van der Waals surface area contributed by atoms with Gasteiger partial charge < -0.3 is 4.74 Å². The summed E-state index contributed by atoms with van der Waals surface area (Å²) in [4.78, 5) is 0. The SMILES string of the molecule is COc1cc2cc(C(C)C)ccc2cc1C(C)C. The van der Waals surface area contributed by atoms with Gasteiger partial charge in [0, 0.05) is 0 Å². The Balaban J connectivity index is 2.63. The Morgan fingerprint density at radius 1 is 0.833 bits per heavy atom. The van der Waals surface area contributed by atoms with Gasteiger partial charge in [0.05, 0.1) is 7.11 Å². The summed E-state index contributed by atoms with van der Waals surface area (Å²) in [5.41, 5.74) is 2.66. The van der Waals surface area contributed by atoms with E-state index >= 15 is 0 Å². The molecule has 2 rings (SSSR count). The van der Waals surface area contributed by atoms with Crippen LogP contribution >= 0.6 is 0 Å². The fraction of sp³-hybridized carbons (Fsp3) is 0.412. The first kappa shape index (κ1) is 12.9. The molecule has 0 aliphatic carbocycles. The van der Waals surface area contributed by atoms with Gasteiger partial charge in [-0.05, 0) is 45.9 Å². The highest BCUT2D eigenvalue weighted by atomic mass is 16.5. The van der Waals surface area contributed by atoms with Crippen LogP contribution in [0, 0.1) is 0 Å². The molecule has 0 saturated carbocycles. The molecule has 0 fully saturated rings. The van der Waals surface area contributed by atoms with Crippen LogP contribution < -0.4 is 4.74 Å². The lowest BCUT2D eigenvalue weighted by Crippen LogP contribution is -1.95. The van der Waals surface area contributed by atoms with Crippen LogP contribution in [0.15, 0.2) is 30.3 Å². The number of benzene rings is 2. The third-order valence-electron chi connectivity index (χ3n) is 3.50. The van der Waals surface area contributed by atoms with Crippen LogP contribution in [-0.4, -0.2) is 7.11 Å². The first-order valence-corrected chi connectivity index (χ1v) is 6.64. The van der Waals surface area contributed by atoms with Crippen LogP contribution in [0.4, 0.5) is 0 Å². The van der Waals surface area contributed by atoms with Crippen LogP contribution in [0.5, 0.6) is 5.75 Å². The van der Waals surface area contributed by atoms with Crippen LogP contribution in [0.1, 0.15) is 50.7 Å². The van der Waals surface area contributed by atoms with E-state index in [0.717, 1.165) is 5.75 Å². The second-order valence-corrected chi connectivity index (χ2v) is 5.51. The molecule has 1 nitrogen and oxygen atoms in total. The summed E-state index contributed by atoms with van der Waals surface area (Å²) in [6.45, 7) is 8.85. The van der Waals surface area contributed by atoms with Crippen molar-refractivity contribution in [2.45, 2.75) is 39.5 Å². The fourth-order valence-electron chi connectivity index (χ4n) is 2.30. The van der Waals surface area contributed by atoms with E-state index in [4.69, 9.17) is 4.74 Å². The Kier molecular flexibility index (Phi) is 3.60. The summed E-state index contributed by atoms with van der Waals surface area (Å²) < 4.78 is 5.52. The number of fused-ring (bicyclic) bond motifs is 1. The Morgan fingerprint density at radius 3 is 2.11 bits per heavy atom. The number of hydrogen-bond donors (Lipinski definition) is 0. The van der Waals surface area contributed by atoms with Gasteiger partial charge in [-0.25, -0.2) is 0 Å². The van der Waals surface area contributed by atoms with Gasteiger partial charge in [0.15, 0.2) is 0 Å². The van der Waals surface area contributed by atoms with E-state index in [0.29, 0.717) is 11.8 Å². The molecule has 2 aromatic carbocycles. The molecule has 0 aromatic heterocycles. The lowest BCUT2D eigenvalue weighted by Gasteiger charge is -2.14. The Hall–Kier alpha value is -1.50. The minimum atomic E-state index is 0.481. The normalized spacial score (nSPS) is 11.5. The van der Waals surface area contributed by atoms with Gasteiger partial charge in [-0.15, -0.1) is 0 Å². The molecule has 0 atom stereocenters. The van der Waals surface area contributed by atoms with Crippen molar-refractivity contribution in [2.24, 2.45) is 0 Å². The minimum Gasteiger partial charge on any atom is -0.496 e. The summed E-state index contributed by atoms with van der Waals surface area (Å²) in [7, 11) is 1.75. The average Bonchev–Trinajstić information content (AvgIpc) is 2.36. The zero-order valence-electron chi connectivity index (χ0n) is 11.9. The molecule has 0 aliphatic rings. The molecule has 0 aliphatic heterocycles. The third-order valence-corrected chi connectivity index (χ3v) is 3.50. The number of rotatable bonds is 3. The molecule has 0 unspecified atom stereocenters. The van der Waals surface area contributed by atoms with Crippen LogP contribution in [0.25, 0.3) is 10.8 Å². The average molecular weight is 242 g/mol. The Morgan fingerprint density at radius 2 is 1.56 bits per heavy atom. The minimum absolute atomic E-state index is 0.481. The standard InChI is InChI=1S/C17H22O/c1-11(2)13-6-7-14-9-16(12(3)4)17(18-5)10-15(14)8-13/h6-12H,1-5H3. The number of ether oxygens (including phenoxy) is 1. The zero-order valence-corrected chi connectivity index (χ0v) is 11.9. The van der Waals surface area contributed by atoms with Gasteiger partial charge in [0.25, 0.3) is 0 Å². The maximum absolute atomic E-state index is 5.52. The predicted molar refractivity (Wildman–Crippen MR) is 78.7 cm³/mol. The van der Waals surface area contributed by atoms with Crippen molar-refractivity contribution < 1.29 is 4.74 Å². The molecule has 0 radical (unpaired) electrons. The van der Waals surface area contributed by atoms with E-state index in [-0.39, 0.29) is 0 Å². The lowest BCUT2D eigenvalue weighted by molar-refractivity contribution is 0.408. The molecule has 0 N–H and O–H groups in total. The highest BCUT2D eigenvalue weighted by Crippen LogP contribution is 2.32. The van der Waals surface area contributed by atoms with Crippen LogP contribution in [0.3, 0.4) is 0 Å². The molecular formula is C17H22O. The molecule has 0 saturated heterocycles. The van der Waals surface area contributed by atoms with Gasteiger partial charge >= 0.3 is 0 Å². The second kappa shape index (κ2) is 5.01. The molecule has 1 heteroatoms. The van der Waals surface area contributed by atoms with E-state index in [1.54, 1.807) is 7.11 Å². The van der Waals surface area contributed by atoms with E-state index < -0.39 is 0 Å². The van der Waals surface area contributed by atoms with Crippen molar-refractivity contribution >= 4 is 10.8 Å². The summed E-state index contributed by atoms with van der Waals surface area (Å²) in [5.74, 6) is 2.04. The molecule has 0 bridgehead atoms. The third kappa shape index (κ3) is 2.35. The lowest BCUT2D eigenvalue weighted by atomic mass is 9.95. The summed E-state index contributed by atoms with van der Waals surface area (Å²) in [6, 6.07) is 11.1. The number of hydrogen-bond acceptors (Lipinski definition) is 1. The number of methoxy groups -OCH3 is 1. The summed E-state index contributed by atoms with van der Waals surface area (Å²) in [5, 5.41) is 2.56. The van der Waals surface area contributed by atoms with Crippen molar-refractivity contribution in [3.63, 3.8) is 0 Å². The van der Waals surface area contributed by atoms with Gasteiger partial charge in [0.1, 0.15) is 5.75 Å². The molecular weight excluding hydrogens is 220 g/mol. The van der Waals surface area contributed by atoms with E-state index in [9.17, 15) is 0 Å². The quantitative estimate of drug-likeness (QED) is 0.728. The molecule has 18 heavy (non-hydrogen) atoms. The Labute approximate surface area is 110 Å². The topological polar surface area (TPSA) is 9.23 Å². The molecule has 0 amide bonds. The van der Waals surface area contributed by atoms with Crippen LogP contribution in [0.2, 0.25) is 0 Å². The van der Waals surface area contributed by atoms with Gasteiger partial charge in [0.2, 0.25) is 0 Å². The smallest absolute Gasteiger partial charge is 0.122 e. The van der Waals surface area contributed by atoms with Crippen molar-refractivity contribution in [3.05, 3.63) is 41.5 Å². The van der Waals surface area contributed by atoms with Gasteiger partial charge in [-0.2, -0.15) is 0 Å². The first-order valence-electron chi connectivity index (χ1n) is 6.64. The predicted octanol–water partition coefficient (Wildman–Crippen LogP) is 5.10. The summed E-state index contributed by atoms with van der Waals surface area (Å²) in [6.07, 6.45) is 0. The van der Waals surface area contributed by atoms with Gasteiger partial charge in [-0.1, -0.05) is 45.9 Å². The van der Waals surface area contributed by atoms with Crippen molar-refractivity contribution in [3.8, 4) is 5.75 Å².